The molecule has 1 aromatic heterocycles. The lowest BCUT2D eigenvalue weighted by Gasteiger charge is -2.19. The second kappa shape index (κ2) is 7.19. The average Bonchev–Trinajstić information content (AvgIpc) is 2.86. The topological polar surface area (TPSA) is 58.4 Å². The van der Waals surface area contributed by atoms with Crippen LogP contribution in [0.15, 0.2) is 36.4 Å². The summed E-state index contributed by atoms with van der Waals surface area (Å²) in [6.07, 6.45) is 2.09. The largest absolute Gasteiger partial charge is 0.382 e. The van der Waals surface area contributed by atoms with Crippen molar-refractivity contribution >= 4 is 17.7 Å². The van der Waals surface area contributed by atoms with Crippen molar-refractivity contribution in [3.63, 3.8) is 0 Å². The highest BCUT2D eigenvalue weighted by molar-refractivity contribution is 7.99. The first-order valence-electron chi connectivity index (χ1n) is 7.75. The van der Waals surface area contributed by atoms with Crippen LogP contribution in [0.5, 0.6) is 0 Å². The van der Waals surface area contributed by atoms with E-state index in [0.717, 1.165) is 30.8 Å². The normalized spacial score (nSPS) is 15.8. The Kier molecular flexibility index (Phi) is 5.03. The highest BCUT2D eigenvalue weighted by Crippen LogP contribution is 2.23. The molecule has 23 heavy (non-hydrogen) atoms. The van der Waals surface area contributed by atoms with E-state index in [1.165, 1.54) is 0 Å². The van der Waals surface area contributed by atoms with E-state index in [9.17, 15) is 9.90 Å². The van der Waals surface area contributed by atoms with E-state index in [-0.39, 0.29) is 5.91 Å². The van der Waals surface area contributed by atoms with Crippen LogP contribution < -0.4 is 0 Å². The molecule has 1 aliphatic rings. The van der Waals surface area contributed by atoms with Gasteiger partial charge in [-0.25, -0.2) is 0 Å². The molecule has 122 valence electrons. The van der Waals surface area contributed by atoms with Crippen molar-refractivity contribution < 1.29 is 9.90 Å². The molecule has 1 aliphatic heterocycles. The van der Waals surface area contributed by atoms with Crippen LogP contribution >= 0.6 is 11.8 Å². The second-order valence-electron chi connectivity index (χ2n) is 5.70. The fourth-order valence-electron chi connectivity index (χ4n) is 2.85. The molecule has 1 unspecified atom stereocenters. The number of rotatable bonds is 4. The first kappa shape index (κ1) is 16.1. The van der Waals surface area contributed by atoms with E-state index >= 15 is 0 Å². The monoisotopic (exact) mass is 331 g/mol. The van der Waals surface area contributed by atoms with E-state index in [2.05, 4.69) is 5.10 Å². The molecule has 0 bridgehead atoms. The maximum atomic E-state index is 12.1. The number of amides is 1. The summed E-state index contributed by atoms with van der Waals surface area (Å²) in [6.45, 7) is 2.10. The second-order valence-corrected chi connectivity index (χ2v) is 6.56. The summed E-state index contributed by atoms with van der Waals surface area (Å²) < 4.78 is 1.92. The van der Waals surface area contributed by atoms with Gasteiger partial charge in [0.25, 0.3) is 0 Å². The third kappa shape index (κ3) is 3.59. The Bertz CT molecular complexity index is 672. The number of thioether (sulfide) groups is 1. The number of aliphatic hydroxyl groups excluding tert-OH is 1. The summed E-state index contributed by atoms with van der Waals surface area (Å²) in [5.74, 6) is 0.672. The Morgan fingerprint density at radius 2 is 2.13 bits per heavy atom. The van der Waals surface area contributed by atoms with Crippen molar-refractivity contribution in [1.29, 1.82) is 0 Å². The lowest BCUT2D eigenvalue weighted by atomic mass is 10.1. The highest BCUT2D eigenvalue weighted by atomic mass is 32.2. The van der Waals surface area contributed by atoms with Gasteiger partial charge in [-0.05, 0) is 24.3 Å². The van der Waals surface area contributed by atoms with Gasteiger partial charge in [0.05, 0.1) is 23.7 Å². The predicted octanol–water partition coefficient (Wildman–Crippen LogP) is 2.06. The quantitative estimate of drug-likeness (QED) is 0.932. The maximum absolute atomic E-state index is 12.1. The van der Waals surface area contributed by atoms with E-state index < -0.39 is 6.10 Å². The minimum Gasteiger partial charge on any atom is -0.382 e. The Morgan fingerprint density at radius 3 is 2.87 bits per heavy atom. The van der Waals surface area contributed by atoms with Gasteiger partial charge < -0.3 is 10.0 Å². The summed E-state index contributed by atoms with van der Waals surface area (Å²) in [4.78, 5) is 14.0. The minimum atomic E-state index is -0.731. The molecule has 1 N–H and O–H groups in total. The molecule has 1 atom stereocenters. The summed E-state index contributed by atoms with van der Waals surface area (Å²) >= 11 is 1.55. The van der Waals surface area contributed by atoms with E-state index in [1.807, 2.05) is 52.2 Å². The fourth-order valence-corrected chi connectivity index (χ4v) is 3.28. The molecule has 0 spiro atoms. The number of hydrogen-bond acceptors (Lipinski definition) is 4. The smallest absolute Gasteiger partial charge is 0.232 e. The van der Waals surface area contributed by atoms with Crippen LogP contribution in [0.3, 0.4) is 0 Å². The first-order valence-corrected chi connectivity index (χ1v) is 9.15. The SMILES string of the molecule is CSCC(=O)N1CCCn2nc(C(O)c3ccccc3)cc2C1. The van der Waals surface area contributed by atoms with Crippen molar-refractivity contribution in [3.05, 3.63) is 53.3 Å². The molecule has 5 nitrogen and oxygen atoms in total. The zero-order chi connectivity index (χ0) is 16.2. The van der Waals surface area contributed by atoms with Crippen LogP contribution in [0.1, 0.15) is 29.5 Å². The van der Waals surface area contributed by atoms with Gasteiger partial charge in [-0.15, -0.1) is 0 Å². The van der Waals surface area contributed by atoms with Gasteiger partial charge in [0.2, 0.25) is 5.91 Å². The maximum Gasteiger partial charge on any atom is 0.232 e. The zero-order valence-electron chi connectivity index (χ0n) is 13.2. The molecule has 2 aromatic rings. The molecular weight excluding hydrogens is 310 g/mol. The molecule has 1 amide bonds. The fraction of sp³-hybridized carbons (Fsp3) is 0.412. The molecule has 0 aliphatic carbocycles. The number of nitrogens with zero attached hydrogens (tertiary/aromatic N) is 3. The average molecular weight is 331 g/mol. The number of hydrogen-bond donors (Lipinski definition) is 1. The number of benzene rings is 1. The van der Waals surface area contributed by atoms with Gasteiger partial charge in [-0.2, -0.15) is 16.9 Å². The molecule has 6 heteroatoms. The molecule has 1 aromatic carbocycles. The third-order valence-corrected chi connectivity index (χ3v) is 4.58. The van der Waals surface area contributed by atoms with E-state index in [1.54, 1.807) is 11.8 Å². The Labute approximate surface area is 140 Å². The first-order chi connectivity index (χ1) is 11.2. The zero-order valence-corrected chi connectivity index (χ0v) is 14.0. The van der Waals surface area contributed by atoms with Crippen molar-refractivity contribution in [2.45, 2.75) is 25.6 Å². The molecule has 3 rings (SSSR count). The third-order valence-electron chi connectivity index (χ3n) is 4.05. The van der Waals surface area contributed by atoms with Crippen molar-refractivity contribution in [3.8, 4) is 0 Å². The summed E-state index contributed by atoms with van der Waals surface area (Å²) in [6, 6.07) is 11.4. The van der Waals surface area contributed by atoms with Crippen LogP contribution in [0.4, 0.5) is 0 Å². The highest BCUT2D eigenvalue weighted by Gasteiger charge is 2.22. The molecule has 2 heterocycles. The van der Waals surface area contributed by atoms with Crippen LogP contribution in [0.2, 0.25) is 0 Å². The molecule has 0 fully saturated rings. The number of fused-ring (bicyclic) bond motifs is 1. The van der Waals surface area contributed by atoms with Crippen LogP contribution in [-0.2, 0) is 17.9 Å². The van der Waals surface area contributed by atoms with E-state index in [0.29, 0.717) is 18.0 Å². The van der Waals surface area contributed by atoms with Crippen LogP contribution in [0.25, 0.3) is 0 Å². The van der Waals surface area contributed by atoms with Gasteiger partial charge in [0, 0.05) is 13.1 Å². The number of aryl methyl sites for hydroxylation is 1. The van der Waals surface area contributed by atoms with Crippen molar-refractivity contribution in [2.75, 3.05) is 18.6 Å². The Balaban J connectivity index is 1.81. The van der Waals surface area contributed by atoms with Crippen LogP contribution in [0, 0.1) is 0 Å². The van der Waals surface area contributed by atoms with Gasteiger partial charge >= 0.3 is 0 Å². The minimum absolute atomic E-state index is 0.164. The van der Waals surface area contributed by atoms with E-state index in [4.69, 9.17) is 0 Å². The molecule has 0 saturated heterocycles. The summed E-state index contributed by atoms with van der Waals surface area (Å²) in [5.41, 5.74) is 2.46. The van der Waals surface area contributed by atoms with Crippen LogP contribution in [-0.4, -0.2) is 44.2 Å². The number of aromatic nitrogens is 2. The standard InChI is InChI=1S/C17H21N3O2S/c1-23-12-16(21)19-8-5-9-20-14(11-19)10-15(18-20)17(22)13-6-3-2-4-7-13/h2-4,6-7,10,17,22H,5,8-9,11-12H2,1H3. The summed E-state index contributed by atoms with van der Waals surface area (Å²) in [7, 11) is 0. The van der Waals surface area contributed by atoms with Gasteiger partial charge in [0.1, 0.15) is 6.10 Å². The number of carbonyl (C=O) groups excluding carboxylic acids is 1. The van der Waals surface area contributed by atoms with Gasteiger partial charge in [0.15, 0.2) is 0 Å². The van der Waals surface area contributed by atoms with Crippen molar-refractivity contribution in [2.24, 2.45) is 0 Å². The number of aliphatic hydroxyl groups is 1. The molecule has 0 radical (unpaired) electrons. The lowest BCUT2D eigenvalue weighted by molar-refractivity contribution is -0.128. The Hall–Kier alpha value is -1.79. The van der Waals surface area contributed by atoms with Crippen molar-refractivity contribution in [1.82, 2.24) is 14.7 Å². The molecule has 0 saturated carbocycles. The van der Waals surface area contributed by atoms with Gasteiger partial charge in [-0.3, -0.25) is 9.48 Å². The Morgan fingerprint density at radius 1 is 1.35 bits per heavy atom. The lowest BCUT2D eigenvalue weighted by Crippen LogP contribution is -2.32. The number of carbonyl (C=O) groups is 1. The molecular formula is C17H21N3O2S. The predicted molar refractivity (Wildman–Crippen MR) is 91.1 cm³/mol. The summed E-state index contributed by atoms with van der Waals surface area (Å²) in [5, 5.41) is 15.1. The van der Waals surface area contributed by atoms with Gasteiger partial charge in [-0.1, -0.05) is 30.3 Å².